The van der Waals surface area contributed by atoms with Crippen LogP contribution in [-0.2, 0) is 4.79 Å². The lowest BCUT2D eigenvalue weighted by atomic mass is 10.2. The number of halogens is 2. The van der Waals surface area contributed by atoms with Crippen LogP contribution in [0.2, 0.25) is 5.02 Å². The number of likely N-dealkylation sites (N-methyl/N-ethyl adjacent to an activating group) is 1. The maximum absolute atomic E-state index is 12.0. The fraction of sp³-hybridized carbons (Fsp3) is 0.333. The van der Waals surface area contributed by atoms with Crippen molar-refractivity contribution < 1.29 is 14.7 Å². The van der Waals surface area contributed by atoms with E-state index in [1.54, 1.807) is 25.1 Å². The smallest absolute Gasteiger partial charge is 0.326 e. The fourth-order valence-corrected chi connectivity index (χ4v) is 2.08. The minimum Gasteiger partial charge on any atom is -0.480 e. The number of hydrogen-bond donors (Lipinski definition) is 2. The Morgan fingerprint density at radius 1 is 1.53 bits per heavy atom. The highest BCUT2D eigenvalue weighted by Gasteiger charge is 2.25. The average Bonchev–Trinajstić information content (AvgIpc) is 2.34. The number of carbonyl (C=O) groups excluding carboxylic acids is 1. The molecule has 0 aromatic heterocycles. The molecule has 1 atom stereocenters. The van der Waals surface area contributed by atoms with Gasteiger partial charge in [-0.05, 0) is 24.6 Å². The van der Waals surface area contributed by atoms with Gasteiger partial charge in [-0.1, -0.05) is 34.5 Å². The molecule has 0 heterocycles. The number of benzene rings is 1. The number of urea groups is 1. The van der Waals surface area contributed by atoms with E-state index in [0.717, 1.165) is 9.37 Å². The summed E-state index contributed by atoms with van der Waals surface area (Å²) < 4.78 is 0.764. The van der Waals surface area contributed by atoms with Crippen molar-refractivity contribution >= 4 is 45.2 Å². The molecule has 5 nitrogen and oxygen atoms in total. The second-order valence-electron chi connectivity index (χ2n) is 3.93. The second-order valence-corrected chi connectivity index (χ2v) is 5.25. The molecule has 0 aliphatic heterocycles. The highest BCUT2D eigenvalue weighted by atomic mass is 79.9. The van der Waals surface area contributed by atoms with Crippen LogP contribution < -0.4 is 5.32 Å². The van der Waals surface area contributed by atoms with Gasteiger partial charge in [0.2, 0.25) is 0 Å². The highest BCUT2D eigenvalue weighted by Crippen LogP contribution is 2.26. The van der Waals surface area contributed by atoms with Gasteiger partial charge < -0.3 is 15.3 Å². The summed E-state index contributed by atoms with van der Waals surface area (Å²) in [5.74, 6) is -1.04. The number of nitrogens with zero attached hydrogens (tertiary/aromatic N) is 1. The zero-order valence-electron chi connectivity index (χ0n) is 10.5. The van der Waals surface area contributed by atoms with E-state index in [0.29, 0.717) is 17.1 Å². The van der Waals surface area contributed by atoms with Gasteiger partial charge in [0.05, 0.1) is 10.7 Å². The van der Waals surface area contributed by atoms with Crippen molar-refractivity contribution in [1.29, 1.82) is 0 Å². The zero-order chi connectivity index (χ0) is 14.6. The van der Waals surface area contributed by atoms with Gasteiger partial charge in [0, 0.05) is 11.5 Å². The quantitative estimate of drug-likeness (QED) is 0.875. The SMILES string of the molecule is CCC(C(=O)O)N(C)C(=O)Nc1cc(Br)ccc1Cl. The first-order valence-corrected chi connectivity index (χ1v) is 6.75. The predicted octanol–water partition coefficient (Wildman–Crippen LogP) is 3.43. The lowest BCUT2D eigenvalue weighted by Crippen LogP contribution is -2.44. The lowest BCUT2D eigenvalue weighted by Gasteiger charge is -2.24. The predicted molar refractivity (Wildman–Crippen MR) is 77.6 cm³/mol. The zero-order valence-corrected chi connectivity index (χ0v) is 12.8. The summed E-state index contributed by atoms with van der Waals surface area (Å²) in [6, 6.07) is 3.64. The van der Waals surface area contributed by atoms with E-state index < -0.39 is 18.0 Å². The Morgan fingerprint density at radius 2 is 2.16 bits per heavy atom. The van der Waals surface area contributed by atoms with E-state index in [1.165, 1.54) is 7.05 Å². The van der Waals surface area contributed by atoms with E-state index >= 15 is 0 Å². The topological polar surface area (TPSA) is 69.6 Å². The minimum atomic E-state index is -1.04. The van der Waals surface area contributed by atoms with Crippen molar-refractivity contribution in [2.75, 3.05) is 12.4 Å². The fourth-order valence-electron chi connectivity index (χ4n) is 1.55. The van der Waals surface area contributed by atoms with Gasteiger partial charge >= 0.3 is 12.0 Å². The molecule has 2 amide bonds. The first kappa shape index (κ1) is 15.8. The number of anilines is 1. The summed E-state index contributed by atoms with van der Waals surface area (Å²) in [7, 11) is 1.43. The molecular formula is C12H14BrClN2O3. The third-order valence-electron chi connectivity index (χ3n) is 2.63. The van der Waals surface area contributed by atoms with Gasteiger partial charge in [0.25, 0.3) is 0 Å². The van der Waals surface area contributed by atoms with E-state index in [9.17, 15) is 9.59 Å². The maximum atomic E-state index is 12.0. The van der Waals surface area contributed by atoms with Crippen LogP contribution in [0.4, 0.5) is 10.5 Å². The Balaban J connectivity index is 2.84. The number of carboxylic acid groups (broad SMARTS) is 1. The Hall–Kier alpha value is -1.27. The summed E-state index contributed by atoms with van der Waals surface area (Å²) in [5, 5.41) is 12.0. The monoisotopic (exact) mass is 348 g/mol. The number of aliphatic carboxylic acids is 1. The Morgan fingerprint density at radius 3 is 2.68 bits per heavy atom. The first-order valence-electron chi connectivity index (χ1n) is 5.58. The van der Waals surface area contributed by atoms with Crippen LogP contribution in [0.1, 0.15) is 13.3 Å². The van der Waals surface area contributed by atoms with E-state index in [1.807, 2.05) is 0 Å². The van der Waals surface area contributed by atoms with Gasteiger partial charge in [-0.25, -0.2) is 9.59 Å². The van der Waals surface area contributed by atoms with Crippen LogP contribution in [0.15, 0.2) is 22.7 Å². The van der Waals surface area contributed by atoms with Gasteiger partial charge in [-0.3, -0.25) is 0 Å². The number of rotatable bonds is 4. The summed E-state index contributed by atoms with van der Waals surface area (Å²) >= 11 is 9.22. The van der Waals surface area contributed by atoms with Crippen molar-refractivity contribution in [2.24, 2.45) is 0 Å². The van der Waals surface area contributed by atoms with Crippen molar-refractivity contribution in [3.05, 3.63) is 27.7 Å². The van der Waals surface area contributed by atoms with E-state index in [-0.39, 0.29) is 0 Å². The molecule has 1 aromatic carbocycles. The second kappa shape index (κ2) is 6.77. The minimum absolute atomic E-state index is 0.325. The van der Waals surface area contributed by atoms with Crippen LogP contribution >= 0.6 is 27.5 Å². The van der Waals surface area contributed by atoms with E-state index in [2.05, 4.69) is 21.2 Å². The number of hydrogen-bond acceptors (Lipinski definition) is 2. The van der Waals surface area contributed by atoms with Crippen molar-refractivity contribution in [2.45, 2.75) is 19.4 Å². The lowest BCUT2D eigenvalue weighted by molar-refractivity contribution is -0.141. The van der Waals surface area contributed by atoms with Crippen LogP contribution in [0.3, 0.4) is 0 Å². The highest BCUT2D eigenvalue weighted by molar-refractivity contribution is 9.10. The van der Waals surface area contributed by atoms with Crippen molar-refractivity contribution in [1.82, 2.24) is 4.90 Å². The molecule has 0 radical (unpaired) electrons. The largest absolute Gasteiger partial charge is 0.480 e. The molecule has 0 fully saturated rings. The standard InChI is InChI=1S/C12H14BrClN2O3/c1-3-10(11(17)18)16(2)12(19)15-9-6-7(13)4-5-8(9)14/h4-6,10H,3H2,1-2H3,(H,15,19)(H,17,18). The molecule has 1 aromatic rings. The summed E-state index contributed by atoms with van der Waals surface area (Å²) in [6.45, 7) is 1.70. The summed E-state index contributed by atoms with van der Waals surface area (Å²) in [5.41, 5.74) is 0.424. The molecule has 0 saturated heterocycles. The van der Waals surface area contributed by atoms with Gasteiger partial charge in [-0.2, -0.15) is 0 Å². The Bertz CT molecular complexity index is 496. The molecule has 104 valence electrons. The molecule has 1 rings (SSSR count). The van der Waals surface area contributed by atoms with Crippen LogP contribution in [-0.4, -0.2) is 35.1 Å². The molecule has 0 saturated carbocycles. The molecule has 0 aliphatic rings. The van der Waals surface area contributed by atoms with Crippen molar-refractivity contribution in [3.8, 4) is 0 Å². The molecule has 1 unspecified atom stereocenters. The first-order chi connectivity index (χ1) is 8.86. The molecule has 0 bridgehead atoms. The molecule has 0 aliphatic carbocycles. The molecular weight excluding hydrogens is 336 g/mol. The van der Waals surface area contributed by atoms with Crippen LogP contribution in [0, 0.1) is 0 Å². The molecule has 7 heteroatoms. The molecule has 2 N–H and O–H groups in total. The molecule has 19 heavy (non-hydrogen) atoms. The normalized spacial score (nSPS) is 11.8. The third-order valence-corrected chi connectivity index (χ3v) is 3.45. The van der Waals surface area contributed by atoms with Crippen LogP contribution in [0.25, 0.3) is 0 Å². The van der Waals surface area contributed by atoms with E-state index in [4.69, 9.17) is 16.7 Å². The van der Waals surface area contributed by atoms with Gasteiger partial charge in [-0.15, -0.1) is 0 Å². The number of amides is 2. The number of carbonyl (C=O) groups is 2. The van der Waals surface area contributed by atoms with Gasteiger partial charge in [0.1, 0.15) is 6.04 Å². The van der Waals surface area contributed by atoms with Gasteiger partial charge in [0.15, 0.2) is 0 Å². The van der Waals surface area contributed by atoms with Crippen LogP contribution in [0.5, 0.6) is 0 Å². The maximum Gasteiger partial charge on any atom is 0.326 e. The Kier molecular flexibility index (Phi) is 5.62. The third kappa shape index (κ3) is 4.11. The number of nitrogens with one attached hydrogen (secondary N) is 1. The summed E-state index contributed by atoms with van der Waals surface area (Å²) in [6.07, 6.45) is 0.325. The summed E-state index contributed by atoms with van der Waals surface area (Å²) in [4.78, 5) is 24.1. The number of carboxylic acids is 1. The van der Waals surface area contributed by atoms with Crippen molar-refractivity contribution in [3.63, 3.8) is 0 Å². The average molecular weight is 350 g/mol. The molecule has 0 spiro atoms. The Labute approximate surface area is 124 Å².